The zero-order chi connectivity index (χ0) is 14.9. The van der Waals surface area contributed by atoms with Crippen molar-refractivity contribution in [1.82, 2.24) is 15.3 Å². The molecule has 0 atom stereocenters. The number of carbonyl (C=O) groups is 1. The number of aromatic nitrogens is 2. The van der Waals surface area contributed by atoms with E-state index in [-0.39, 0.29) is 11.9 Å². The SMILES string of the molecule is CC(=O)NC(=N)Nc1nc(C)c2cc(C)c(C)cc2n1. The zero-order valence-corrected chi connectivity index (χ0v) is 12.0. The molecule has 2 rings (SSSR count). The lowest BCUT2D eigenvalue weighted by atomic mass is 10.1. The molecule has 20 heavy (non-hydrogen) atoms. The number of hydrogen-bond acceptors (Lipinski definition) is 4. The Morgan fingerprint density at radius 3 is 2.45 bits per heavy atom. The molecule has 0 aliphatic heterocycles. The first-order chi connectivity index (χ1) is 9.36. The van der Waals surface area contributed by atoms with E-state index in [2.05, 4.69) is 26.7 Å². The summed E-state index contributed by atoms with van der Waals surface area (Å²) in [6.07, 6.45) is 0. The molecule has 2 aromatic rings. The van der Waals surface area contributed by atoms with Gasteiger partial charge in [0.05, 0.1) is 11.2 Å². The Morgan fingerprint density at radius 1 is 1.15 bits per heavy atom. The molecule has 1 aromatic heterocycles. The molecule has 104 valence electrons. The highest BCUT2D eigenvalue weighted by Gasteiger charge is 2.08. The number of carbonyl (C=O) groups excluding carboxylic acids is 1. The molecule has 3 N–H and O–H groups in total. The molecule has 0 spiro atoms. The fourth-order valence-electron chi connectivity index (χ4n) is 1.92. The van der Waals surface area contributed by atoms with Crippen LogP contribution in [0.5, 0.6) is 0 Å². The van der Waals surface area contributed by atoms with E-state index in [4.69, 9.17) is 5.41 Å². The van der Waals surface area contributed by atoms with Crippen molar-refractivity contribution in [3.05, 3.63) is 29.0 Å². The molecule has 1 amide bonds. The van der Waals surface area contributed by atoms with Crippen molar-refractivity contribution in [3.8, 4) is 0 Å². The number of nitrogens with zero attached hydrogens (tertiary/aromatic N) is 2. The van der Waals surface area contributed by atoms with Crippen LogP contribution in [0.25, 0.3) is 10.9 Å². The Hall–Kier alpha value is -2.50. The average molecular weight is 271 g/mol. The van der Waals surface area contributed by atoms with Crippen molar-refractivity contribution >= 4 is 28.7 Å². The fourth-order valence-corrected chi connectivity index (χ4v) is 1.92. The van der Waals surface area contributed by atoms with E-state index in [9.17, 15) is 4.79 Å². The van der Waals surface area contributed by atoms with Crippen molar-refractivity contribution in [2.45, 2.75) is 27.7 Å². The lowest BCUT2D eigenvalue weighted by Gasteiger charge is -2.10. The molecule has 0 aliphatic rings. The predicted octanol–water partition coefficient (Wildman–Crippen LogP) is 2.04. The number of fused-ring (bicyclic) bond motifs is 1. The van der Waals surface area contributed by atoms with Crippen molar-refractivity contribution < 1.29 is 4.79 Å². The maximum Gasteiger partial charge on any atom is 0.230 e. The molecule has 1 aromatic carbocycles. The van der Waals surface area contributed by atoms with Gasteiger partial charge in [0.25, 0.3) is 0 Å². The van der Waals surface area contributed by atoms with E-state index < -0.39 is 0 Å². The van der Waals surface area contributed by atoms with Crippen LogP contribution in [0.2, 0.25) is 0 Å². The van der Waals surface area contributed by atoms with Crippen LogP contribution in [0.3, 0.4) is 0 Å². The smallest absolute Gasteiger partial charge is 0.230 e. The Balaban J connectivity index is 2.39. The number of aryl methyl sites for hydroxylation is 3. The molecule has 0 unspecified atom stereocenters. The van der Waals surface area contributed by atoms with Crippen LogP contribution >= 0.6 is 0 Å². The van der Waals surface area contributed by atoms with Gasteiger partial charge in [0.1, 0.15) is 0 Å². The van der Waals surface area contributed by atoms with Gasteiger partial charge in [-0.2, -0.15) is 0 Å². The minimum Gasteiger partial charge on any atom is -0.297 e. The molecular formula is C14H17N5O. The fraction of sp³-hybridized carbons (Fsp3) is 0.286. The molecule has 0 bridgehead atoms. The van der Waals surface area contributed by atoms with Crippen LogP contribution in [0, 0.1) is 26.2 Å². The second-order valence-corrected chi connectivity index (χ2v) is 4.77. The Kier molecular flexibility index (Phi) is 3.65. The summed E-state index contributed by atoms with van der Waals surface area (Å²) in [6.45, 7) is 7.31. The summed E-state index contributed by atoms with van der Waals surface area (Å²) in [5, 5.41) is 13.6. The van der Waals surface area contributed by atoms with E-state index in [1.807, 2.05) is 26.8 Å². The molecule has 0 aliphatic carbocycles. The van der Waals surface area contributed by atoms with Gasteiger partial charge in [0, 0.05) is 12.3 Å². The largest absolute Gasteiger partial charge is 0.297 e. The van der Waals surface area contributed by atoms with Gasteiger partial charge in [0.15, 0.2) is 0 Å². The normalized spacial score (nSPS) is 10.4. The minimum atomic E-state index is -0.313. The van der Waals surface area contributed by atoms with Crippen LogP contribution < -0.4 is 10.6 Å². The highest BCUT2D eigenvalue weighted by molar-refractivity contribution is 6.01. The number of benzene rings is 1. The second kappa shape index (κ2) is 5.24. The van der Waals surface area contributed by atoms with Gasteiger partial charge >= 0.3 is 0 Å². The molecule has 0 saturated carbocycles. The summed E-state index contributed by atoms with van der Waals surface area (Å²) in [6, 6.07) is 4.05. The third-order valence-corrected chi connectivity index (χ3v) is 3.04. The number of guanidine groups is 1. The topological polar surface area (TPSA) is 90.8 Å². The predicted molar refractivity (Wildman–Crippen MR) is 78.9 cm³/mol. The van der Waals surface area contributed by atoms with Crippen molar-refractivity contribution in [1.29, 1.82) is 5.41 Å². The van der Waals surface area contributed by atoms with E-state index in [0.29, 0.717) is 5.95 Å². The monoisotopic (exact) mass is 271 g/mol. The van der Waals surface area contributed by atoms with Gasteiger partial charge in [0.2, 0.25) is 17.8 Å². The van der Waals surface area contributed by atoms with Crippen molar-refractivity contribution in [2.75, 3.05) is 5.32 Å². The van der Waals surface area contributed by atoms with E-state index >= 15 is 0 Å². The van der Waals surface area contributed by atoms with Gasteiger partial charge in [-0.05, 0) is 44.0 Å². The first kappa shape index (κ1) is 13.9. The first-order valence-corrected chi connectivity index (χ1v) is 6.25. The molecule has 1 heterocycles. The minimum absolute atomic E-state index is 0.139. The third kappa shape index (κ3) is 2.90. The summed E-state index contributed by atoms with van der Waals surface area (Å²) >= 11 is 0. The Bertz CT molecular complexity index is 708. The summed E-state index contributed by atoms with van der Waals surface area (Å²) in [7, 11) is 0. The van der Waals surface area contributed by atoms with Crippen LogP contribution in [0.4, 0.5) is 5.95 Å². The van der Waals surface area contributed by atoms with Crippen LogP contribution in [0.15, 0.2) is 12.1 Å². The van der Waals surface area contributed by atoms with Crippen LogP contribution in [-0.4, -0.2) is 21.8 Å². The highest BCUT2D eigenvalue weighted by Crippen LogP contribution is 2.21. The summed E-state index contributed by atoms with van der Waals surface area (Å²) in [5.74, 6) is -0.149. The maximum absolute atomic E-state index is 10.9. The molecule has 6 heteroatoms. The average Bonchev–Trinajstić information content (AvgIpc) is 2.30. The summed E-state index contributed by atoms with van der Waals surface area (Å²) in [5.41, 5.74) is 3.99. The number of nitrogens with one attached hydrogen (secondary N) is 3. The third-order valence-electron chi connectivity index (χ3n) is 3.04. The summed E-state index contributed by atoms with van der Waals surface area (Å²) in [4.78, 5) is 19.5. The number of hydrogen-bond donors (Lipinski definition) is 3. The van der Waals surface area contributed by atoms with Gasteiger partial charge in [-0.1, -0.05) is 0 Å². The van der Waals surface area contributed by atoms with Crippen molar-refractivity contribution in [2.24, 2.45) is 0 Å². The van der Waals surface area contributed by atoms with Crippen LogP contribution in [0.1, 0.15) is 23.7 Å². The lowest BCUT2D eigenvalue weighted by Crippen LogP contribution is -2.33. The number of anilines is 1. The number of rotatable bonds is 1. The van der Waals surface area contributed by atoms with Gasteiger partial charge < -0.3 is 0 Å². The first-order valence-electron chi connectivity index (χ1n) is 6.25. The Labute approximate surface area is 117 Å². The maximum atomic E-state index is 10.9. The molecular weight excluding hydrogens is 254 g/mol. The van der Waals surface area contributed by atoms with Crippen molar-refractivity contribution in [3.63, 3.8) is 0 Å². The molecule has 0 fully saturated rings. The number of amides is 1. The highest BCUT2D eigenvalue weighted by atomic mass is 16.1. The van der Waals surface area contributed by atoms with E-state index in [1.54, 1.807) is 0 Å². The molecule has 0 saturated heterocycles. The van der Waals surface area contributed by atoms with E-state index in [0.717, 1.165) is 22.2 Å². The van der Waals surface area contributed by atoms with Crippen LogP contribution in [-0.2, 0) is 4.79 Å². The quantitative estimate of drug-likeness (QED) is 0.547. The van der Waals surface area contributed by atoms with Gasteiger partial charge in [-0.15, -0.1) is 0 Å². The molecule has 0 radical (unpaired) electrons. The van der Waals surface area contributed by atoms with Gasteiger partial charge in [-0.3, -0.25) is 20.8 Å². The van der Waals surface area contributed by atoms with E-state index in [1.165, 1.54) is 12.5 Å². The van der Waals surface area contributed by atoms with Gasteiger partial charge in [-0.25, -0.2) is 9.97 Å². The summed E-state index contributed by atoms with van der Waals surface area (Å²) < 4.78 is 0. The lowest BCUT2D eigenvalue weighted by molar-refractivity contribution is -0.117. The zero-order valence-electron chi connectivity index (χ0n) is 12.0. The molecule has 6 nitrogen and oxygen atoms in total. The Morgan fingerprint density at radius 2 is 1.80 bits per heavy atom. The standard InChI is InChI=1S/C14H17N5O/c1-7-5-11-9(3)16-14(18-12(11)6-8(7)2)19-13(15)17-10(4)20/h5-6H,1-4H3,(H3,15,16,17,18,19,20). The second-order valence-electron chi connectivity index (χ2n) is 4.77.